The van der Waals surface area contributed by atoms with Crippen LogP contribution >= 0.6 is 23.6 Å². The third-order valence-corrected chi connectivity index (χ3v) is 6.72. The number of hydrogen-bond donors (Lipinski definition) is 3. The highest BCUT2D eigenvalue weighted by atomic mass is 35.5. The van der Waals surface area contributed by atoms with Crippen LogP contribution in [0.1, 0.15) is 31.1 Å². The Morgan fingerprint density at radius 2 is 1.48 bits per heavy atom. The first kappa shape index (κ1) is 28.7. The molecule has 0 spiro atoms. The molecule has 0 aliphatic carbocycles. The molecule has 0 unspecified atom stereocenters. The molecule has 5 aromatic rings. The first-order chi connectivity index (χ1) is 20.4. The maximum atomic E-state index is 13.3. The van der Waals surface area contributed by atoms with Crippen LogP contribution in [0.5, 0.6) is 5.75 Å². The molecule has 0 aliphatic rings. The lowest BCUT2D eigenvalue weighted by molar-refractivity contribution is -0.403. The Morgan fingerprint density at radius 1 is 0.714 bits per heavy atom. The summed E-state index contributed by atoms with van der Waals surface area (Å²) in [6.45, 7) is 0. The molecule has 0 fully saturated rings. The zero-order chi connectivity index (χ0) is 29.5. The van der Waals surface area contributed by atoms with Crippen molar-refractivity contribution in [1.82, 2.24) is 0 Å². The lowest BCUT2D eigenvalue weighted by Crippen LogP contribution is -2.16. The number of rotatable bonds is 10. The van der Waals surface area contributed by atoms with E-state index in [1.165, 1.54) is 24.3 Å². The fourth-order valence-electron chi connectivity index (χ4n) is 3.99. The van der Waals surface area contributed by atoms with Crippen LogP contribution in [-0.2, 0) is 9.37 Å². The van der Waals surface area contributed by atoms with Gasteiger partial charge in [-0.1, -0.05) is 54.1 Å². The molecule has 210 valence electrons. The normalized spacial score (nSPS) is 10.7. The first-order valence-corrected chi connectivity index (χ1v) is 13.5. The number of benzene rings is 5. The van der Waals surface area contributed by atoms with E-state index in [0.717, 1.165) is 27.7 Å². The van der Waals surface area contributed by atoms with Crippen LogP contribution in [0, 0.1) is 0 Å². The minimum atomic E-state index is -1.25. The molecule has 42 heavy (non-hydrogen) atoms. The number of carbonyl (C=O) groups is 3. The summed E-state index contributed by atoms with van der Waals surface area (Å²) in [6.07, 6.45) is 0. The Hall–Kier alpha value is -4.87. The molecule has 0 radical (unpaired) electrons. The minimum absolute atomic E-state index is 0.0458. The van der Waals surface area contributed by atoms with Gasteiger partial charge < -0.3 is 20.6 Å². The third kappa shape index (κ3) is 7.25. The summed E-state index contributed by atoms with van der Waals surface area (Å²) in [7, 11) is 0. The summed E-state index contributed by atoms with van der Waals surface area (Å²) in [5.74, 6) is -1.83. The molecule has 0 saturated heterocycles. The molecule has 5 aromatic carbocycles. The van der Waals surface area contributed by atoms with Crippen LogP contribution in [0.3, 0.4) is 0 Å². The van der Waals surface area contributed by atoms with Crippen LogP contribution in [0.25, 0.3) is 10.8 Å². The molecule has 3 N–H and O–H groups in total. The third-order valence-electron chi connectivity index (χ3n) is 5.92. The van der Waals surface area contributed by atoms with Gasteiger partial charge in [-0.25, -0.2) is 4.79 Å². The molecule has 0 saturated carbocycles. The van der Waals surface area contributed by atoms with E-state index in [2.05, 4.69) is 10.6 Å². The number of nitrogens with one attached hydrogen (secondary N) is 2. The number of carboxylic acid groups (broad SMARTS) is 1. The monoisotopic (exact) mass is 600 g/mol. The van der Waals surface area contributed by atoms with Gasteiger partial charge in [0.05, 0.1) is 17.6 Å². The molecule has 2 amide bonds. The second-order valence-electron chi connectivity index (χ2n) is 8.83. The SMILES string of the molecule is O=C(O)c1cc(NC(=O)c2cccc(Cl)c2)cc(C(=O)Nc2cccc3cc(SOOOc4ccccc4)ccc23)c1. The fourth-order valence-corrected chi connectivity index (χ4v) is 4.61. The average Bonchev–Trinajstić information content (AvgIpc) is 2.99. The van der Waals surface area contributed by atoms with Gasteiger partial charge in [0.15, 0.2) is 5.75 Å². The van der Waals surface area contributed by atoms with Crippen molar-refractivity contribution in [1.29, 1.82) is 0 Å². The maximum Gasteiger partial charge on any atom is 0.335 e. The number of hydrogen-bond acceptors (Lipinski definition) is 7. The number of carboxylic acids is 1. The lowest BCUT2D eigenvalue weighted by atomic mass is 10.1. The minimum Gasteiger partial charge on any atom is -0.478 e. The summed E-state index contributed by atoms with van der Waals surface area (Å²) in [5.41, 5.74) is 0.807. The zero-order valence-corrected chi connectivity index (χ0v) is 23.1. The van der Waals surface area contributed by atoms with E-state index in [1.54, 1.807) is 66.7 Å². The van der Waals surface area contributed by atoms with Crippen molar-refractivity contribution in [2.24, 2.45) is 0 Å². The van der Waals surface area contributed by atoms with Crippen molar-refractivity contribution >= 4 is 63.6 Å². The van der Waals surface area contributed by atoms with E-state index in [9.17, 15) is 19.5 Å². The Bertz CT molecular complexity index is 1780. The first-order valence-electron chi connectivity index (χ1n) is 12.4. The van der Waals surface area contributed by atoms with Crippen molar-refractivity contribution < 1.29 is 33.7 Å². The molecule has 9 nitrogen and oxygen atoms in total. The summed E-state index contributed by atoms with van der Waals surface area (Å²) in [5, 5.41) is 21.8. The van der Waals surface area contributed by atoms with E-state index < -0.39 is 17.8 Å². The number of anilines is 2. The Kier molecular flexibility index (Phi) is 9.00. The molecule has 0 atom stereocenters. The number of aromatic carboxylic acids is 1. The molecule has 0 bridgehead atoms. The number of fused-ring (bicyclic) bond motifs is 1. The number of halogens is 1. The Morgan fingerprint density at radius 3 is 2.26 bits per heavy atom. The van der Waals surface area contributed by atoms with E-state index in [1.807, 2.05) is 18.2 Å². The molecule has 0 aromatic heterocycles. The summed E-state index contributed by atoms with van der Waals surface area (Å²) < 4.78 is 5.07. The van der Waals surface area contributed by atoms with Gasteiger partial charge in [0.25, 0.3) is 11.8 Å². The topological polar surface area (TPSA) is 123 Å². The zero-order valence-electron chi connectivity index (χ0n) is 21.6. The molecule has 0 aliphatic heterocycles. The average molecular weight is 601 g/mol. The fraction of sp³-hybridized carbons (Fsp3) is 0. The van der Waals surface area contributed by atoms with Crippen LogP contribution < -0.4 is 15.5 Å². The van der Waals surface area contributed by atoms with Gasteiger partial charge in [0, 0.05) is 37.8 Å². The molecule has 5 rings (SSSR count). The Balaban J connectivity index is 1.30. The van der Waals surface area contributed by atoms with Crippen molar-refractivity contribution in [3.8, 4) is 5.75 Å². The van der Waals surface area contributed by atoms with Gasteiger partial charge in [0.2, 0.25) is 0 Å². The number of amides is 2. The highest BCUT2D eigenvalue weighted by Crippen LogP contribution is 2.30. The highest BCUT2D eigenvalue weighted by Gasteiger charge is 2.16. The van der Waals surface area contributed by atoms with E-state index in [-0.39, 0.29) is 22.4 Å². The van der Waals surface area contributed by atoms with Gasteiger partial charge in [-0.3, -0.25) is 9.59 Å². The van der Waals surface area contributed by atoms with Crippen LogP contribution in [0.4, 0.5) is 11.4 Å². The van der Waals surface area contributed by atoms with Gasteiger partial charge in [0.1, 0.15) is 0 Å². The maximum absolute atomic E-state index is 13.3. The van der Waals surface area contributed by atoms with Crippen molar-refractivity contribution in [2.45, 2.75) is 4.90 Å². The van der Waals surface area contributed by atoms with Crippen molar-refractivity contribution in [3.05, 3.63) is 131 Å². The summed E-state index contributed by atoms with van der Waals surface area (Å²) in [4.78, 5) is 43.5. The van der Waals surface area contributed by atoms with E-state index in [0.29, 0.717) is 16.5 Å². The molecular weight excluding hydrogens is 580 g/mol. The van der Waals surface area contributed by atoms with Crippen molar-refractivity contribution in [3.63, 3.8) is 0 Å². The quantitative estimate of drug-likeness (QED) is 0.0646. The van der Waals surface area contributed by atoms with Gasteiger partial charge in [-0.05, 0) is 77.2 Å². The van der Waals surface area contributed by atoms with E-state index >= 15 is 0 Å². The predicted molar refractivity (Wildman–Crippen MR) is 160 cm³/mol. The summed E-state index contributed by atoms with van der Waals surface area (Å²) >= 11 is 6.92. The van der Waals surface area contributed by atoms with Crippen LogP contribution in [-0.4, -0.2) is 22.9 Å². The lowest BCUT2D eigenvalue weighted by Gasteiger charge is -2.12. The van der Waals surface area contributed by atoms with Gasteiger partial charge in [-0.15, -0.1) is 4.33 Å². The number of para-hydroxylation sites is 1. The van der Waals surface area contributed by atoms with Gasteiger partial charge in [-0.2, -0.15) is 0 Å². The highest BCUT2D eigenvalue weighted by molar-refractivity contribution is 7.94. The largest absolute Gasteiger partial charge is 0.478 e. The predicted octanol–water partition coefficient (Wildman–Crippen LogP) is 7.65. The van der Waals surface area contributed by atoms with Gasteiger partial charge >= 0.3 is 5.97 Å². The van der Waals surface area contributed by atoms with Crippen LogP contribution in [0.2, 0.25) is 5.02 Å². The van der Waals surface area contributed by atoms with E-state index in [4.69, 9.17) is 25.9 Å². The standard InChI is InChI=1S/C31H21ClN2O7S/c32-23-8-4-7-20(15-23)29(35)33-24-16-21(14-22(17-24)31(37)38)30(36)34-28-11-5-6-19-18-26(12-13-27(19)28)42-41-40-39-25-9-2-1-3-10-25/h1-18H,(H,33,35)(H,34,36)(H,37,38). The summed E-state index contributed by atoms with van der Waals surface area (Å²) in [6, 6.07) is 29.9. The van der Waals surface area contributed by atoms with Crippen LogP contribution in [0.15, 0.2) is 114 Å². The molecule has 11 heteroatoms. The Labute approximate surface area is 249 Å². The second kappa shape index (κ2) is 13.2. The molecule has 0 heterocycles. The molecular formula is C31H21ClN2O7S. The smallest absolute Gasteiger partial charge is 0.335 e. The number of carbonyl (C=O) groups excluding carboxylic acids is 2. The van der Waals surface area contributed by atoms with Crippen molar-refractivity contribution in [2.75, 3.05) is 10.6 Å². The second-order valence-corrected chi connectivity index (χ2v) is 10.0.